The van der Waals surface area contributed by atoms with Gasteiger partial charge in [-0.3, -0.25) is 0 Å². The van der Waals surface area contributed by atoms with Crippen molar-refractivity contribution in [2.24, 2.45) is 5.73 Å². The number of aryl methyl sites for hydroxylation is 1. The number of nitrogens with two attached hydrogens (primary N) is 1. The zero-order valence-electron chi connectivity index (χ0n) is 8.99. The highest BCUT2D eigenvalue weighted by molar-refractivity contribution is 6.33. The fourth-order valence-electron chi connectivity index (χ4n) is 1.41. The van der Waals surface area contributed by atoms with Gasteiger partial charge in [-0.15, -0.1) is 10.2 Å². The van der Waals surface area contributed by atoms with Crippen LogP contribution in [0.25, 0.3) is 11.5 Å². The Hall–Kier alpha value is -1.46. The van der Waals surface area contributed by atoms with Crippen LogP contribution in [0.3, 0.4) is 0 Å². The first-order valence-electron chi connectivity index (χ1n) is 5.19. The monoisotopic (exact) mass is 255 g/mol. The van der Waals surface area contributed by atoms with Crippen LogP contribution in [0.4, 0.5) is 4.39 Å². The highest BCUT2D eigenvalue weighted by Gasteiger charge is 2.16. The highest BCUT2D eigenvalue weighted by Crippen LogP contribution is 2.29. The Balaban J connectivity index is 2.30. The minimum atomic E-state index is -0.480. The molecule has 2 N–H and O–H groups in total. The summed E-state index contributed by atoms with van der Waals surface area (Å²) in [6, 6.07) is 4.39. The second kappa shape index (κ2) is 5.25. The van der Waals surface area contributed by atoms with Crippen molar-refractivity contribution in [2.75, 3.05) is 6.54 Å². The summed E-state index contributed by atoms with van der Waals surface area (Å²) in [5, 5.41) is 7.84. The lowest BCUT2D eigenvalue weighted by Crippen LogP contribution is -2.00. The molecule has 0 unspecified atom stereocenters. The molecule has 90 valence electrons. The first kappa shape index (κ1) is 12.0. The maximum Gasteiger partial charge on any atom is 0.252 e. The maximum absolute atomic E-state index is 13.6. The Labute approximate surface area is 103 Å². The molecule has 0 bridgehead atoms. The van der Waals surface area contributed by atoms with Crippen LogP contribution in [0.2, 0.25) is 5.02 Å². The number of rotatable bonds is 4. The predicted octanol–water partition coefficient (Wildman–Crippen LogP) is 2.42. The van der Waals surface area contributed by atoms with E-state index in [-0.39, 0.29) is 16.5 Å². The van der Waals surface area contributed by atoms with Gasteiger partial charge in [0, 0.05) is 6.42 Å². The third-order valence-corrected chi connectivity index (χ3v) is 2.55. The van der Waals surface area contributed by atoms with Crippen LogP contribution in [0, 0.1) is 5.82 Å². The zero-order valence-corrected chi connectivity index (χ0v) is 9.75. The third kappa shape index (κ3) is 2.62. The summed E-state index contributed by atoms with van der Waals surface area (Å²) in [6.45, 7) is 0.540. The highest BCUT2D eigenvalue weighted by atomic mass is 35.5. The van der Waals surface area contributed by atoms with Crippen molar-refractivity contribution in [3.8, 4) is 11.5 Å². The van der Waals surface area contributed by atoms with Gasteiger partial charge in [0.25, 0.3) is 5.89 Å². The van der Waals surface area contributed by atoms with Crippen LogP contribution in [-0.2, 0) is 6.42 Å². The van der Waals surface area contributed by atoms with Crippen molar-refractivity contribution in [2.45, 2.75) is 12.8 Å². The molecule has 0 aliphatic carbocycles. The SMILES string of the molecule is NCCCc1nnc(-c2c(F)cccc2Cl)o1. The number of hydrogen-bond donors (Lipinski definition) is 1. The van der Waals surface area contributed by atoms with E-state index in [0.717, 1.165) is 6.42 Å². The van der Waals surface area contributed by atoms with E-state index in [1.54, 1.807) is 6.07 Å². The summed E-state index contributed by atoms with van der Waals surface area (Å²) >= 11 is 5.89. The topological polar surface area (TPSA) is 64.9 Å². The lowest BCUT2D eigenvalue weighted by atomic mass is 10.2. The van der Waals surface area contributed by atoms with Gasteiger partial charge >= 0.3 is 0 Å². The molecule has 2 aromatic rings. The summed E-state index contributed by atoms with van der Waals surface area (Å²) in [5.74, 6) is 0.0522. The van der Waals surface area contributed by atoms with Gasteiger partial charge in [-0.2, -0.15) is 0 Å². The smallest absolute Gasteiger partial charge is 0.252 e. The third-order valence-electron chi connectivity index (χ3n) is 2.24. The van der Waals surface area contributed by atoms with Crippen LogP contribution in [0.5, 0.6) is 0 Å². The molecule has 0 aliphatic heterocycles. The fraction of sp³-hybridized carbons (Fsp3) is 0.273. The molecular formula is C11H11ClFN3O. The first-order chi connectivity index (χ1) is 8.22. The molecule has 4 nitrogen and oxygen atoms in total. The molecule has 17 heavy (non-hydrogen) atoms. The fourth-order valence-corrected chi connectivity index (χ4v) is 1.65. The van der Waals surface area contributed by atoms with Crippen molar-refractivity contribution >= 4 is 11.6 Å². The lowest BCUT2D eigenvalue weighted by molar-refractivity contribution is 0.495. The van der Waals surface area contributed by atoms with Crippen LogP contribution in [-0.4, -0.2) is 16.7 Å². The lowest BCUT2D eigenvalue weighted by Gasteiger charge is -1.99. The molecule has 0 aliphatic rings. The minimum absolute atomic E-state index is 0.0973. The van der Waals surface area contributed by atoms with Gasteiger partial charge in [-0.25, -0.2) is 4.39 Å². The predicted molar refractivity (Wildman–Crippen MR) is 62.1 cm³/mol. The van der Waals surface area contributed by atoms with Crippen LogP contribution >= 0.6 is 11.6 Å². The Morgan fingerprint density at radius 3 is 2.88 bits per heavy atom. The molecule has 0 fully saturated rings. The van der Waals surface area contributed by atoms with Gasteiger partial charge in [-0.05, 0) is 25.1 Å². The molecule has 1 aromatic carbocycles. The number of halogens is 2. The van der Waals surface area contributed by atoms with E-state index in [2.05, 4.69) is 10.2 Å². The molecule has 0 amide bonds. The van der Waals surface area contributed by atoms with Crippen molar-refractivity contribution in [3.63, 3.8) is 0 Å². The van der Waals surface area contributed by atoms with Gasteiger partial charge in [-0.1, -0.05) is 17.7 Å². The molecule has 6 heteroatoms. The summed E-state index contributed by atoms with van der Waals surface area (Å²) in [7, 11) is 0. The second-order valence-corrected chi connectivity index (χ2v) is 3.90. The Bertz CT molecular complexity index is 495. The molecule has 1 aromatic heterocycles. The number of aromatic nitrogens is 2. The van der Waals surface area contributed by atoms with E-state index in [9.17, 15) is 4.39 Å². The molecule has 0 atom stereocenters. The summed E-state index contributed by atoms with van der Waals surface area (Å²) in [5.41, 5.74) is 5.51. The average molecular weight is 256 g/mol. The Kier molecular flexibility index (Phi) is 3.71. The number of hydrogen-bond acceptors (Lipinski definition) is 4. The molecular weight excluding hydrogens is 245 g/mol. The number of benzene rings is 1. The van der Waals surface area contributed by atoms with Gasteiger partial charge in [0.15, 0.2) is 0 Å². The van der Waals surface area contributed by atoms with Gasteiger partial charge in [0.05, 0.1) is 10.6 Å². The quantitative estimate of drug-likeness (QED) is 0.911. The first-order valence-corrected chi connectivity index (χ1v) is 5.57. The van der Waals surface area contributed by atoms with E-state index < -0.39 is 5.82 Å². The van der Waals surface area contributed by atoms with Crippen molar-refractivity contribution in [3.05, 3.63) is 34.9 Å². The van der Waals surface area contributed by atoms with Crippen molar-refractivity contribution < 1.29 is 8.81 Å². The van der Waals surface area contributed by atoms with E-state index in [4.69, 9.17) is 21.8 Å². The standard InChI is InChI=1S/C11H11ClFN3O/c12-7-3-1-4-8(13)10(7)11-16-15-9(17-11)5-2-6-14/h1,3-4H,2,5-6,14H2. The largest absolute Gasteiger partial charge is 0.421 e. The Morgan fingerprint density at radius 2 is 2.18 bits per heavy atom. The van der Waals surface area contributed by atoms with Crippen molar-refractivity contribution in [1.29, 1.82) is 0 Å². The number of nitrogens with zero attached hydrogens (tertiary/aromatic N) is 2. The normalized spacial score (nSPS) is 10.8. The van der Waals surface area contributed by atoms with Gasteiger partial charge in [0.1, 0.15) is 5.82 Å². The average Bonchev–Trinajstić information content (AvgIpc) is 2.75. The summed E-state index contributed by atoms with van der Waals surface area (Å²) in [4.78, 5) is 0. The second-order valence-electron chi connectivity index (χ2n) is 3.49. The molecule has 0 spiro atoms. The van der Waals surface area contributed by atoms with Gasteiger partial charge < -0.3 is 10.2 Å². The summed E-state index contributed by atoms with van der Waals surface area (Å²) < 4.78 is 18.9. The van der Waals surface area contributed by atoms with Gasteiger partial charge in [0.2, 0.25) is 5.89 Å². The Morgan fingerprint density at radius 1 is 1.35 bits per heavy atom. The molecule has 1 heterocycles. The van der Waals surface area contributed by atoms with Crippen LogP contribution in [0.15, 0.2) is 22.6 Å². The molecule has 0 saturated carbocycles. The van der Waals surface area contributed by atoms with E-state index in [0.29, 0.717) is 18.9 Å². The van der Waals surface area contributed by atoms with Crippen molar-refractivity contribution in [1.82, 2.24) is 10.2 Å². The van der Waals surface area contributed by atoms with E-state index in [1.807, 2.05) is 0 Å². The molecule has 0 saturated heterocycles. The van der Waals surface area contributed by atoms with E-state index in [1.165, 1.54) is 12.1 Å². The maximum atomic E-state index is 13.6. The van der Waals surface area contributed by atoms with Crippen LogP contribution < -0.4 is 5.73 Å². The molecule has 2 rings (SSSR count). The van der Waals surface area contributed by atoms with Crippen LogP contribution in [0.1, 0.15) is 12.3 Å². The zero-order chi connectivity index (χ0) is 12.3. The molecule has 0 radical (unpaired) electrons. The summed E-state index contributed by atoms with van der Waals surface area (Å²) in [6.07, 6.45) is 1.32. The van der Waals surface area contributed by atoms with E-state index >= 15 is 0 Å². The minimum Gasteiger partial charge on any atom is -0.421 e.